The number of hydrogen-bond acceptors (Lipinski definition) is 1. The first-order valence-corrected chi connectivity index (χ1v) is 5.35. The second kappa shape index (κ2) is 2.39. The van der Waals surface area contributed by atoms with E-state index in [1.807, 2.05) is 41.0 Å². The van der Waals surface area contributed by atoms with Crippen LogP contribution >= 0.6 is 10.2 Å². The molecule has 0 saturated heterocycles. The first-order valence-electron chi connectivity index (χ1n) is 2.94. The molecule has 3 heteroatoms. The molecule has 0 amide bonds. The van der Waals surface area contributed by atoms with E-state index in [0.29, 0.717) is 0 Å². The molecule has 0 radical (unpaired) electrons. The molecule has 1 heterocycles. The van der Waals surface area contributed by atoms with Gasteiger partial charge in [0.05, 0.1) is 0 Å². The Labute approximate surface area is 62.5 Å². The summed E-state index contributed by atoms with van der Waals surface area (Å²) in [6.45, 7) is 0. The quantitative estimate of drug-likeness (QED) is 0.567. The van der Waals surface area contributed by atoms with Crippen molar-refractivity contribution < 1.29 is 0 Å². The molecule has 1 aromatic rings. The zero-order valence-corrected chi connectivity index (χ0v) is 6.93. The zero-order chi connectivity index (χ0) is 7.61. The maximum atomic E-state index is 8.73. The van der Waals surface area contributed by atoms with Crippen LogP contribution in [-0.2, 0) is 0 Å². The van der Waals surface area contributed by atoms with E-state index in [-0.39, 0.29) is 0 Å². The molecule has 0 aliphatic heterocycles. The first kappa shape index (κ1) is 7.23. The molecule has 0 unspecified atom stereocenters. The van der Waals surface area contributed by atoms with E-state index in [4.69, 9.17) is 5.26 Å². The fourth-order valence-corrected chi connectivity index (χ4v) is 1.51. The Hall–Kier alpha value is -0.880. The van der Waals surface area contributed by atoms with E-state index in [2.05, 4.69) is 5.40 Å². The monoisotopic (exact) mass is 154 g/mol. The minimum atomic E-state index is -1.23. The van der Waals surface area contributed by atoms with E-state index < -0.39 is 10.2 Å². The van der Waals surface area contributed by atoms with E-state index in [1.165, 1.54) is 0 Å². The van der Waals surface area contributed by atoms with Gasteiger partial charge in [0.25, 0.3) is 0 Å². The normalized spacial score (nSPS) is 12.5. The van der Waals surface area contributed by atoms with Gasteiger partial charge in [-0.1, -0.05) is 10.2 Å². The molecule has 0 aromatic carbocycles. The van der Waals surface area contributed by atoms with Gasteiger partial charge < -0.3 is 3.97 Å². The minimum absolute atomic E-state index is 1.23. The molecular weight excluding hydrogens is 144 g/mol. The highest BCUT2D eigenvalue weighted by Crippen LogP contribution is 2.39. The van der Waals surface area contributed by atoms with Crippen LogP contribution in [0.2, 0.25) is 0 Å². The summed E-state index contributed by atoms with van der Waals surface area (Å²) >= 11 is 0. The summed E-state index contributed by atoms with van der Waals surface area (Å²) in [4.78, 5) is 0. The summed E-state index contributed by atoms with van der Waals surface area (Å²) < 4.78 is 1.97. The number of aromatic nitrogens is 1. The molecule has 0 atom stereocenters. The van der Waals surface area contributed by atoms with Crippen LogP contribution < -0.4 is 0 Å². The highest BCUT2D eigenvalue weighted by atomic mass is 32.3. The van der Waals surface area contributed by atoms with Gasteiger partial charge in [0.15, 0.2) is 0 Å². The second-order valence-electron chi connectivity index (χ2n) is 2.41. The molecule has 0 aliphatic carbocycles. The van der Waals surface area contributed by atoms with Crippen LogP contribution in [0.3, 0.4) is 0 Å². The summed E-state index contributed by atoms with van der Waals surface area (Å²) in [5.74, 6) is 0. The van der Waals surface area contributed by atoms with Crippen LogP contribution in [0.4, 0.5) is 0 Å². The average molecular weight is 154 g/mol. The number of thiocyanates is 1. The largest absolute Gasteiger partial charge is 0.306 e. The Morgan fingerprint density at radius 3 is 2.20 bits per heavy atom. The van der Waals surface area contributed by atoms with E-state index in [1.54, 1.807) is 0 Å². The Bertz CT molecular complexity index is 243. The molecule has 0 saturated carbocycles. The van der Waals surface area contributed by atoms with Gasteiger partial charge in [0.2, 0.25) is 0 Å². The van der Waals surface area contributed by atoms with Gasteiger partial charge in [-0.3, -0.25) is 0 Å². The fraction of sp³-hybridized carbons (Fsp3) is 0.286. The predicted octanol–water partition coefficient (Wildman–Crippen LogP) is 1.80. The highest BCUT2D eigenvalue weighted by molar-refractivity contribution is 8.35. The van der Waals surface area contributed by atoms with Crippen molar-refractivity contribution >= 4 is 10.2 Å². The van der Waals surface area contributed by atoms with Crippen molar-refractivity contribution in [3.05, 3.63) is 24.5 Å². The average Bonchev–Trinajstić information content (AvgIpc) is 2.38. The van der Waals surface area contributed by atoms with Crippen molar-refractivity contribution in [2.45, 2.75) is 0 Å². The number of nitriles is 1. The third-order valence-corrected chi connectivity index (χ3v) is 3.07. The highest BCUT2D eigenvalue weighted by Gasteiger charge is 2.09. The van der Waals surface area contributed by atoms with Crippen LogP contribution in [0, 0.1) is 10.7 Å². The van der Waals surface area contributed by atoms with Crippen LogP contribution in [0.5, 0.6) is 0 Å². The maximum absolute atomic E-state index is 8.73. The first-order chi connectivity index (χ1) is 4.67. The summed E-state index contributed by atoms with van der Waals surface area (Å²) in [5, 5.41) is 11.0. The fourth-order valence-electron chi connectivity index (χ4n) is 0.670. The van der Waals surface area contributed by atoms with E-state index in [9.17, 15) is 0 Å². The molecule has 1 rings (SSSR count). The topological polar surface area (TPSA) is 28.7 Å². The van der Waals surface area contributed by atoms with Crippen LogP contribution in [-0.4, -0.2) is 16.5 Å². The molecule has 0 aliphatic rings. The number of rotatable bonds is 1. The molecule has 54 valence electrons. The van der Waals surface area contributed by atoms with Gasteiger partial charge >= 0.3 is 0 Å². The van der Waals surface area contributed by atoms with Crippen molar-refractivity contribution in [3.8, 4) is 5.40 Å². The predicted molar refractivity (Wildman–Crippen MR) is 44.9 cm³/mol. The van der Waals surface area contributed by atoms with E-state index in [0.717, 1.165) is 0 Å². The smallest absolute Gasteiger partial charge is 0.131 e. The van der Waals surface area contributed by atoms with Gasteiger partial charge in [0.1, 0.15) is 5.40 Å². The number of nitrogens with zero attached hydrogens (tertiary/aromatic N) is 2. The van der Waals surface area contributed by atoms with Crippen LogP contribution in [0.25, 0.3) is 0 Å². The van der Waals surface area contributed by atoms with Crippen molar-refractivity contribution in [1.82, 2.24) is 3.97 Å². The summed E-state index contributed by atoms with van der Waals surface area (Å²) in [7, 11) is -1.23. The van der Waals surface area contributed by atoms with Gasteiger partial charge in [-0.25, -0.2) is 0 Å². The second-order valence-corrected chi connectivity index (χ2v) is 5.56. The molecule has 0 N–H and O–H groups in total. The molecule has 0 fully saturated rings. The van der Waals surface area contributed by atoms with Crippen molar-refractivity contribution in [1.29, 1.82) is 5.26 Å². The molecule has 2 nitrogen and oxygen atoms in total. The Morgan fingerprint density at radius 2 is 1.80 bits per heavy atom. The lowest BCUT2D eigenvalue weighted by molar-refractivity contribution is 1.26. The SMILES string of the molecule is CS(C)(C#N)n1cccc1. The molecule has 0 spiro atoms. The van der Waals surface area contributed by atoms with Crippen molar-refractivity contribution in [3.63, 3.8) is 0 Å². The molecule has 0 bridgehead atoms. The third kappa shape index (κ3) is 1.17. The van der Waals surface area contributed by atoms with Gasteiger partial charge in [-0.15, -0.1) is 0 Å². The van der Waals surface area contributed by atoms with Gasteiger partial charge in [0, 0.05) is 12.4 Å². The van der Waals surface area contributed by atoms with Gasteiger partial charge in [-0.2, -0.15) is 5.26 Å². The van der Waals surface area contributed by atoms with Crippen LogP contribution in [0.15, 0.2) is 24.5 Å². The Balaban J connectivity index is 2.99. The maximum Gasteiger partial charge on any atom is 0.131 e. The van der Waals surface area contributed by atoms with Crippen molar-refractivity contribution in [2.75, 3.05) is 12.5 Å². The molecule has 10 heavy (non-hydrogen) atoms. The lowest BCUT2D eigenvalue weighted by atomic mass is 10.7. The number of hydrogen-bond donors (Lipinski definition) is 0. The van der Waals surface area contributed by atoms with Gasteiger partial charge in [-0.05, 0) is 24.6 Å². The summed E-state index contributed by atoms with van der Waals surface area (Å²) in [5.41, 5.74) is 0. The lowest BCUT2D eigenvalue weighted by Crippen LogP contribution is -2.01. The minimum Gasteiger partial charge on any atom is -0.306 e. The zero-order valence-electron chi connectivity index (χ0n) is 6.11. The Morgan fingerprint density at radius 1 is 1.30 bits per heavy atom. The summed E-state index contributed by atoms with van der Waals surface area (Å²) in [6, 6.07) is 3.87. The van der Waals surface area contributed by atoms with E-state index >= 15 is 0 Å². The summed E-state index contributed by atoms with van der Waals surface area (Å²) in [6.07, 6.45) is 7.79. The Kier molecular flexibility index (Phi) is 1.73. The van der Waals surface area contributed by atoms with Crippen molar-refractivity contribution in [2.24, 2.45) is 0 Å². The van der Waals surface area contributed by atoms with Crippen LogP contribution in [0.1, 0.15) is 0 Å². The molecule has 1 aromatic heterocycles. The third-order valence-electron chi connectivity index (χ3n) is 1.33. The lowest BCUT2D eigenvalue weighted by Gasteiger charge is -2.23. The molecular formula is C7H10N2S. The standard InChI is InChI=1S/C7H10N2S/c1-10(2,7-8)9-5-3-4-6-9/h3-6H,1-2H3.